The first-order chi connectivity index (χ1) is 10.9. The molecule has 118 valence electrons. The van der Waals surface area contributed by atoms with Gasteiger partial charge in [-0.25, -0.2) is 4.79 Å². The van der Waals surface area contributed by atoms with Crippen molar-refractivity contribution in [3.8, 4) is 0 Å². The number of Topliss-reactive ketones (excluding diaryl/α,β-unsaturated/α-hetero) is 1. The van der Waals surface area contributed by atoms with Crippen LogP contribution in [0, 0.1) is 17.0 Å². The lowest BCUT2D eigenvalue weighted by atomic mass is 10.1. The second-order valence-electron chi connectivity index (χ2n) is 4.74. The van der Waals surface area contributed by atoms with E-state index in [-0.39, 0.29) is 21.8 Å². The van der Waals surface area contributed by atoms with Crippen LogP contribution in [0.15, 0.2) is 42.5 Å². The molecule has 0 unspecified atom stereocenters. The summed E-state index contributed by atoms with van der Waals surface area (Å²) in [7, 11) is 0. The summed E-state index contributed by atoms with van der Waals surface area (Å²) in [6, 6.07) is 10.4. The number of aryl methyl sites for hydroxylation is 1. The van der Waals surface area contributed by atoms with E-state index < -0.39 is 23.3 Å². The SMILES string of the molecule is Cc1ccc(C(=O)COC(=O)c2ccccc2Cl)cc1[N+](=O)[O-]. The third-order valence-electron chi connectivity index (χ3n) is 3.16. The first kappa shape index (κ1) is 16.6. The molecule has 0 aliphatic carbocycles. The summed E-state index contributed by atoms with van der Waals surface area (Å²) < 4.78 is 4.91. The molecule has 0 heterocycles. The molecule has 2 aromatic rings. The van der Waals surface area contributed by atoms with E-state index in [0.717, 1.165) is 0 Å². The maximum atomic E-state index is 12.0. The van der Waals surface area contributed by atoms with Crippen LogP contribution < -0.4 is 0 Å². The molecular weight excluding hydrogens is 322 g/mol. The Morgan fingerprint density at radius 3 is 2.57 bits per heavy atom. The first-order valence-corrected chi connectivity index (χ1v) is 6.98. The Bertz CT molecular complexity index is 788. The van der Waals surface area contributed by atoms with Gasteiger partial charge in [0, 0.05) is 17.2 Å². The second-order valence-corrected chi connectivity index (χ2v) is 5.14. The van der Waals surface area contributed by atoms with Gasteiger partial charge in [-0.1, -0.05) is 35.9 Å². The third-order valence-corrected chi connectivity index (χ3v) is 3.49. The number of ketones is 1. The van der Waals surface area contributed by atoms with Crippen LogP contribution >= 0.6 is 11.6 Å². The molecule has 0 aromatic heterocycles. The summed E-state index contributed by atoms with van der Waals surface area (Å²) in [5.41, 5.74) is 0.541. The highest BCUT2D eigenvalue weighted by atomic mass is 35.5. The Hall–Kier alpha value is -2.73. The number of benzene rings is 2. The molecule has 6 nitrogen and oxygen atoms in total. The molecule has 7 heteroatoms. The zero-order chi connectivity index (χ0) is 17.0. The third kappa shape index (κ3) is 3.92. The van der Waals surface area contributed by atoms with Crippen molar-refractivity contribution in [2.75, 3.05) is 6.61 Å². The smallest absolute Gasteiger partial charge is 0.340 e. The lowest BCUT2D eigenvalue weighted by Crippen LogP contribution is -2.14. The van der Waals surface area contributed by atoms with E-state index in [2.05, 4.69) is 0 Å². The topological polar surface area (TPSA) is 86.5 Å². The normalized spacial score (nSPS) is 10.2. The lowest BCUT2D eigenvalue weighted by molar-refractivity contribution is -0.385. The van der Waals surface area contributed by atoms with Crippen molar-refractivity contribution >= 4 is 29.0 Å². The first-order valence-electron chi connectivity index (χ1n) is 6.60. The van der Waals surface area contributed by atoms with Crippen LogP contribution in [0.25, 0.3) is 0 Å². The molecular formula is C16H12ClNO5. The quantitative estimate of drug-likeness (QED) is 0.361. The molecule has 0 radical (unpaired) electrons. The predicted molar refractivity (Wildman–Crippen MR) is 83.9 cm³/mol. The summed E-state index contributed by atoms with van der Waals surface area (Å²) in [6.45, 7) is 1.05. The molecule has 0 atom stereocenters. The maximum Gasteiger partial charge on any atom is 0.340 e. The molecule has 23 heavy (non-hydrogen) atoms. The largest absolute Gasteiger partial charge is 0.454 e. The molecule has 0 amide bonds. The number of nitrogens with zero attached hydrogens (tertiary/aromatic N) is 1. The van der Waals surface area contributed by atoms with E-state index in [9.17, 15) is 19.7 Å². The molecule has 0 fully saturated rings. The number of hydrogen-bond donors (Lipinski definition) is 0. The van der Waals surface area contributed by atoms with Crippen molar-refractivity contribution < 1.29 is 19.2 Å². The summed E-state index contributed by atoms with van der Waals surface area (Å²) >= 11 is 5.86. The van der Waals surface area contributed by atoms with Crippen molar-refractivity contribution in [2.45, 2.75) is 6.92 Å². The van der Waals surface area contributed by atoms with Crippen LogP contribution in [-0.4, -0.2) is 23.3 Å². The molecule has 0 aliphatic heterocycles. The summed E-state index contributed by atoms with van der Waals surface area (Å²) in [4.78, 5) is 34.2. The molecule has 0 spiro atoms. The van der Waals surface area contributed by atoms with Gasteiger partial charge in [-0.2, -0.15) is 0 Å². The van der Waals surface area contributed by atoms with Crippen LogP contribution in [0.3, 0.4) is 0 Å². The van der Waals surface area contributed by atoms with Crippen molar-refractivity contribution in [3.63, 3.8) is 0 Å². The van der Waals surface area contributed by atoms with Gasteiger partial charge in [-0.05, 0) is 19.1 Å². The van der Waals surface area contributed by atoms with Gasteiger partial charge in [-0.3, -0.25) is 14.9 Å². The van der Waals surface area contributed by atoms with Crippen molar-refractivity contribution in [1.29, 1.82) is 0 Å². The Labute approximate surface area is 136 Å². The Morgan fingerprint density at radius 2 is 1.91 bits per heavy atom. The van der Waals surface area contributed by atoms with E-state index in [1.165, 1.54) is 30.3 Å². The van der Waals surface area contributed by atoms with Gasteiger partial charge in [0.15, 0.2) is 6.61 Å². The number of nitro benzene ring substituents is 1. The zero-order valence-corrected chi connectivity index (χ0v) is 12.9. The highest BCUT2D eigenvalue weighted by Crippen LogP contribution is 2.20. The molecule has 0 saturated carbocycles. The summed E-state index contributed by atoms with van der Waals surface area (Å²) in [5.74, 6) is -1.26. The summed E-state index contributed by atoms with van der Waals surface area (Å²) in [6.07, 6.45) is 0. The number of ether oxygens (including phenoxy) is 1. The van der Waals surface area contributed by atoms with Gasteiger partial charge >= 0.3 is 5.97 Å². The van der Waals surface area contributed by atoms with E-state index in [0.29, 0.717) is 5.56 Å². The van der Waals surface area contributed by atoms with E-state index in [1.54, 1.807) is 19.1 Å². The maximum absolute atomic E-state index is 12.0. The molecule has 0 bridgehead atoms. The predicted octanol–water partition coefficient (Wildman–Crippen LogP) is 3.60. The van der Waals surface area contributed by atoms with Crippen molar-refractivity contribution in [2.24, 2.45) is 0 Å². The monoisotopic (exact) mass is 333 g/mol. The van der Waals surface area contributed by atoms with Gasteiger partial charge in [0.25, 0.3) is 5.69 Å². The number of carbonyl (C=O) groups is 2. The average molecular weight is 334 g/mol. The van der Waals surface area contributed by atoms with Crippen molar-refractivity contribution in [3.05, 3.63) is 74.3 Å². The molecule has 0 aliphatic rings. The number of esters is 1. The fourth-order valence-electron chi connectivity index (χ4n) is 1.90. The van der Waals surface area contributed by atoms with E-state index in [1.807, 2.05) is 0 Å². The van der Waals surface area contributed by atoms with Crippen LogP contribution in [-0.2, 0) is 4.74 Å². The fraction of sp³-hybridized carbons (Fsp3) is 0.125. The highest BCUT2D eigenvalue weighted by Gasteiger charge is 2.17. The lowest BCUT2D eigenvalue weighted by Gasteiger charge is -2.06. The minimum atomic E-state index is -0.731. The van der Waals surface area contributed by atoms with E-state index >= 15 is 0 Å². The van der Waals surface area contributed by atoms with Crippen LogP contribution in [0.1, 0.15) is 26.3 Å². The minimum absolute atomic E-state index is 0.106. The number of halogens is 1. The highest BCUT2D eigenvalue weighted by molar-refractivity contribution is 6.33. The standard InChI is InChI=1S/C16H12ClNO5/c1-10-6-7-11(8-14(10)18(21)22)15(19)9-23-16(20)12-4-2-3-5-13(12)17/h2-8H,9H2,1H3. The molecule has 0 N–H and O–H groups in total. The summed E-state index contributed by atoms with van der Waals surface area (Å²) in [5, 5.41) is 11.1. The number of rotatable bonds is 5. The molecule has 2 rings (SSSR count). The van der Waals surface area contributed by atoms with E-state index in [4.69, 9.17) is 16.3 Å². The zero-order valence-electron chi connectivity index (χ0n) is 12.1. The Balaban J connectivity index is 2.08. The van der Waals surface area contributed by atoms with Gasteiger partial charge < -0.3 is 4.74 Å². The fourth-order valence-corrected chi connectivity index (χ4v) is 2.11. The number of hydrogen-bond acceptors (Lipinski definition) is 5. The van der Waals surface area contributed by atoms with Gasteiger partial charge in [0.05, 0.1) is 15.5 Å². The van der Waals surface area contributed by atoms with Crippen LogP contribution in [0.5, 0.6) is 0 Å². The van der Waals surface area contributed by atoms with Crippen molar-refractivity contribution in [1.82, 2.24) is 0 Å². The number of nitro groups is 1. The minimum Gasteiger partial charge on any atom is -0.454 e. The Morgan fingerprint density at radius 1 is 1.22 bits per heavy atom. The Kier molecular flexibility index (Phi) is 5.08. The number of carbonyl (C=O) groups excluding carboxylic acids is 2. The van der Waals surface area contributed by atoms with Crippen LogP contribution in [0.2, 0.25) is 5.02 Å². The average Bonchev–Trinajstić information content (AvgIpc) is 2.52. The van der Waals surface area contributed by atoms with Gasteiger partial charge in [0.2, 0.25) is 5.78 Å². The second kappa shape index (κ2) is 7.02. The van der Waals surface area contributed by atoms with Gasteiger partial charge in [-0.15, -0.1) is 0 Å². The molecule has 2 aromatic carbocycles. The van der Waals surface area contributed by atoms with Gasteiger partial charge in [0.1, 0.15) is 0 Å². The molecule has 0 saturated heterocycles. The van der Waals surface area contributed by atoms with Crippen LogP contribution in [0.4, 0.5) is 5.69 Å².